The minimum Gasteiger partial charge on any atom is -0.244 e. The minimum atomic E-state index is -0.260. The molecule has 1 aliphatic heterocycles. The molecule has 0 aliphatic carbocycles. The lowest BCUT2D eigenvalue weighted by Crippen LogP contribution is -2.32. The van der Waals surface area contributed by atoms with Crippen molar-refractivity contribution in [3.63, 3.8) is 0 Å². The van der Waals surface area contributed by atoms with Crippen LogP contribution in [-0.4, -0.2) is 23.5 Å². The van der Waals surface area contributed by atoms with Gasteiger partial charge in [0.2, 0.25) is 0 Å². The van der Waals surface area contributed by atoms with Crippen LogP contribution in [0, 0.1) is 11.8 Å². The van der Waals surface area contributed by atoms with Gasteiger partial charge in [-0.3, -0.25) is 0 Å². The van der Waals surface area contributed by atoms with Gasteiger partial charge in [0.05, 0.1) is 0 Å². The van der Waals surface area contributed by atoms with Gasteiger partial charge in [0.25, 0.3) is 0 Å². The fourth-order valence-electron chi connectivity index (χ4n) is 2.41. The number of rotatable bonds is 0. The highest BCUT2D eigenvalue weighted by molar-refractivity contribution is 8.33. The second kappa shape index (κ2) is 3.01. The first-order valence-corrected chi connectivity index (χ1v) is 7.31. The van der Waals surface area contributed by atoms with Crippen molar-refractivity contribution in [2.45, 2.75) is 32.4 Å². The maximum absolute atomic E-state index is 2.50. The van der Waals surface area contributed by atoms with Crippen LogP contribution in [0.25, 0.3) is 0 Å². The summed E-state index contributed by atoms with van der Waals surface area (Å²) in [5, 5.41) is 0.985. The van der Waals surface area contributed by atoms with E-state index in [0.717, 1.165) is 17.1 Å². The Morgan fingerprint density at radius 3 is 2.09 bits per heavy atom. The van der Waals surface area contributed by atoms with Crippen LogP contribution in [0.15, 0.2) is 0 Å². The van der Waals surface area contributed by atoms with E-state index in [9.17, 15) is 0 Å². The molecular formula is C10H22S. The zero-order chi connectivity index (χ0) is 8.65. The van der Waals surface area contributed by atoms with E-state index < -0.39 is 0 Å². The Balaban J connectivity index is 2.67. The Morgan fingerprint density at radius 2 is 1.64 bits per heavy atom. The van der Waals surface area contributed by atoms with E-state index in [1.165, 1.54) is 12.2 Å². The Labute approximate surface area is 73.1 Å². The lowest BCUT2D eigenvalue weighted by Gasteiger charge is -2.48. The summed E-state index contributed by atoms with van der Waals surface area (Å²) in [6.45, 7) is 7.29. The van der Waals surface area contributed by atoms with E-state index in [2.05, 4.69) is 33.3 Å². The molecule has 0 nitrogen and oxygen atoms in total. The Morgan fingerprint density at radius 1 is 1.09 bits per heavy atom. The van der Waals surface area contributed by atoms with E-state index in [-0.39, 0.29) is 10.0 Å². The first-order chi connectivity index (χ1) is 4.93. The van der Waals surface area contributed by atoms with Crippen LogP contribution in [-0.2, 0) is 0 Å². The van der Waals surface area contributed by atoms with Gasteiger partial charge in [-0.05, 0) is 41.8 Å². The first kappa shape index (κ1) is 9.44. The summed E-state index contributed by atoms with van der Waals surface area (Å²) < 4.78 is 0. The van der Waals surface area contributed by atoms with Crippen LogP contribution in [0.4, 0.5) is 0 Å². The normalized spacial score (nSPS) is 46.8. The monoisotopic (exact) mass is 174 g/mol. The van der Waals surface area contributed by atoms with Gasteiger partial charge in [-0.2, -0.15) is 0 Å². The van der Waals surface area contributed by atoms with Gasteiger partial charge in [0.1, 0.15) is 0 Å². The highest BCUT2D eigenvalue weighted by Gasteiger charge is 2.32. The molecule has 0 bridgehead atoms. The predicted octanol–water partition coefficient (Wildman–Crippen LogP) is 3.12. The van der Waals surface area contributed by atoms with Crippen molar-refractivity contribution in [1.82, 2.24) is 0 Å². The first-order valence-electron chi connectivity index (χ1n) is 4.63. The standard InChI is InChI=1S/C10H22S/c1-8-6-9(2)10(3)11(4,5)7-8/h8-10H,6-7H2,1-5H3/t8-,9+,10+/m1/s1. The summed E-state index contributed by atoms with van der Waals surface area (Å²) >= 11 is 0. The molecule has 1 fully saturated rings. The molecule has 0 aromatic heterocycles. The smallest absolute Gasteiger partial charge is 0.0119 e. The molecule has 1 saturated heterocycles. The molecule has 0 unspecified atom stereocenters. The van der Waals surface area contributed by atoms with Gasteiger partial charge in [-0.1, -0.05) is 20.8 Å². The molecule has 0 spiro atoms. The largest absolute Gasteiger partial charge is 0.244 e. The molecular weight excluding hydrogens is 152 g/mol. The molecule has 1 rings (SSSR count). The van der Waals surface area contributed by atoms with Crippen molar-refractivity contribution < 1.29 is 0 Å². The molecule has 3 atom stereocenters. The quantitative estimate of drug-likeness (QED) is 0.529. The fourth-order valence-corrected chi connectivity index (χ4v) is 5.68. The highest BCUT2D eigenvalue weighted by atomic mass is 32.3. The zero-order valence-corrected chi connectivity index (χ0v) is 9.37. The summed E-state index contributed by atoms with van der Waals surface area (Å²) in [6.07, 6.45) is 6.46. The molecule has 68 valence electrons. The van der Waals surface area contributed by atoms with Crippen molar-refractivity contribution in [1.29, 1.82) is 0 Å². The van der Waals surface area contributed by atoms with Crippen LogP contribution in [0.1, 0.15) is 27.2 Å². The lowest BCUT2D eigenvalue weighted by atomic mass is 9.95. The summed E-state index contributed by atoms with van der Waals surface area (Å²) in [5.74, 6) is 3.44. The van der Waals surface area contributed by atoms with Crippen LogP contribution >= 0.6 is 10.0 Å². The minimum absolute atomic E-state index is 0.260. The van der Waals surface area contributed by atoms with Gasteiger partial charge >= 0.3 is 0 Å². The van der Waals surface area contributed by atoms with Crippen LogP contribution < -0.4 is 0 Å². The zero-order valence-electron chi connectivity index (χ0n) is 8.55. The topological polar surface area (TPSA) is 0 Å². The Hall–Kier alpha value is 0.350. The maximum atomic E-state index is 2.50. The molecule has 0 saturated carbocycles. The Bertz CT molecular complexity index is 140. The van der Waals surface area contributed by atoms with Gasteiger partial charge in [-0.25, -0.2) is 10.0 Å². The number of hydrogen-bond acceptors (Lipinski definition) is 0. The van der Waals surface area contributed by atoms with Crippen LogP contribution in [0.5, 0.6) is 0 Å². The van der Waals surface area contributed by atoms with Gasteiger partial charge in [0.15, 0.2) is 0 Å². The van der Waals surface area contributed by atoms with Gasteiger partial charge in [0, 0.05) is 0 Å². The molecule has 0 amide bonds. The third-order valence-corrected chi connectivity index (χ3v) is 7.20. The molecule has 1 heteroatoms. The van der Waals surface area contributed by atoms with Crippen molar-refractivity contribution >= 4 is 10.0 Å². The van der Waals surface area contributed by atoms with Crippen molar-refractivity contribution in [3.8, 4) is 0 Å². The second-order valence-electron chi connectivity index (χ2n) is 4.81. The van der Waals surface area contributed by atoms with Crippen LogP contribution in [0.3, 0.4) is 0 Å². The van der Waals surface area contributed by atoms with Crippen LogP contribution in [0.2, 0.25) is 0 Å². The third kappa shape index (κ3) is 1.93. The fraction of sp³-hybridized carbons (Fsp3) is 1.00. The van der Waals surface area contributed by atoms with E-state index in [4.69, 9.17) is 0 Å². The molecule has 0 aromatic carbocycles. The summed E-state index contributed by atoms with van der Waals surface area (Å²) in [6, 6.07) is 0. The summed E-state index contributed by atoms with van der Waals surface area (Å²) in [7, 11) is -0.260. The van der Waals surface area contributed by atoms with Crippen molar-refractivity contribution in [2.24, 2.45) is 11.8 Å². The van der Waals surface area contributed by atoms with Gasteiger partial charge in [-0.15, -0.1) is 0 Å². The summed E-state index contributed by atoms with van der Waals surface area (Å²) in [5.41, 5.74) is 0. The van der Waals surface area contributed by atoms with E-state index in [1.54, 1.807) is 0 Å². The SMILES string of the molecule is C[C@@H]1C[C@H](C)[C@H](C)S(C)(C)C1. The number of hydrogen-bond donors (Lipinski definition) is 0. The van der Waals surface area contributed by atoms with Crippen molar-refractivity contribution in [3.05, 3.63) is 0 Å². The third-order valence-electron chi connectivity index (χ3n) is 3.30. The highest BCUT2D eigenvalue weighted by Crippen LogP contribution is 2.54. The lowest BCUT2D eigenvalue weighted by molar-refractivity contribution is 0.417. The molecule has 11 heavy (non-hydrogen) atoms. The van der Waals surface area contributed by atoms with Crippen molar-refractivity contribution in [2.75, 3.05) is 18.3 Å². The maximum Gasteiger partial charge on any atom is -0.0119 e. The second-order valence-corrected chi connectivity index (χ2v) is 9.14. The van der Waals surface area contributed by atoms with Gasteiger partial charge < -0.3 is 0 Å². The molecule has 0 aromatic rings. The predicted molar refractivity (Wildman–Crippen MR) is 56.7 cm³/mol. The molecule has 0 N–H and O–H groups in total. The molecule has 0 radical (unpaired) electrons. The Kier molecular flexibility index (Phi) is 2.58. The average molecular weight is 174 g/mol. The molecule has 1 heterocycles. The summed E-state index contributed by atoms with van der Waals surface area (Å²) in [4.78, 5) is 0. The average Bonchev–Trinajstić information content (AvgIpc) is 1.81. The van der Waals surface area contributed by atoms with E-state index in [0.29, 0.717) is 0 Å². The molecule has 1 aliphatic rings. The van der Waals surface area contributed by atoms with E-state index >= 15 is 0 Å². The van der Waals surface area contributed by atoms with E-state index in [1.807, 2.05) is 0 Å².